The molecule has 1 aliphatic heterocycles. The zero-order valence-electron chi connectivity index (χ0n) is 7.47. The predicted molar refractivity (Wildman–Crippen MR) is 52.7 cm³/mol. The van der Waals surface area contributed by atoms with Crippen LogP contribution in [0.3, 0.4) is 0 Å². The largest absolute Gasteiger partial charge is 0.478 e. The predicted octanol–water partition coefficient (Wildman–Crippen LogP) is 0.355. The molecule has 0 spiro atoms. The van der Waals surface area contributed by atoms with Gasteiger partial charge in [0.05, 0.1) is 17.5 Å². The first-order valence-electron chi connectivity index (χ1n) is 4.32. The number of nitrogens with zero attached hydrogens (tertiary/aromatic N) is 1. The summed E-state index contributed by atoms with van der Waals surface area (Å²) in [6, 6.07) is 4.96. The van der Waals surface area contributed by atoms with Crippen LogP contribution in [0.15, 0.2) is 35.3 Å². The molecule has 1 aromatic rings. The molecule has 14 heavy (non-hydrogen) atoms. The van der Waals surface area contributed by atoms with Crippen LogP contribution in [0.1, 0.15) is 10.4 Å². The van der Waals surface area contributed by atoms with Gasteiger partial charge in [-0.3, -0.25) is 4.99 Å². The lowest BCUT2D eigenvalue weighted by Crippen LogP contribution is -2.25. The molecule has 0 aromatic heterocycles. The first-order chi connectivity index (χ1) is 6.77. The van der Waals surface area contributed by atoms with Gasteiger partial charge < -0.3 is 5.11 Å². The molecule has 1 N–H and O–H groups in total. The Bertz CT molecular complexity index is 515. The van der Waals surface area contributed by atoms with Crippen molar-refractivity contribution < 1.29 is 9.90 Å². The molecule has 0 atom stereocenters. The number of rotatable bonds is 1. The Kier molecular flexibility index (Phi) is 2.14. The number of allylic oxidation sites excluding steroid dienone is 1. The lowest BCUT2D eigenvalue weighted by molar-refractivity contribution is 0.0696. The van der Waals surface area contributed by atoms with Crippen molar-refractivity contribution >= 4 is 12.0 Å². The summed E-state index contributed by atoms with van der Waals surface area (Å²) in [5.41, 5.74) is 0.280. The van der Waals surface area contributed by atoms with Crippen LogP contribution in [0.2, 0.25) is 0 Å². The first-order valence-corrected chi connectivity index (χ1v) is 4.32. The van der Waals surface area contributed by atoms with E-state index in [1.807, 2.05) is 18.2 Å². The molecule has 1 heterocycles. The number of fused-ring (bicyclic) bond motifs is 1. The van der Waals surface area contributed by atoms with Gasteiger partial charge >= 0.3 is 5.97 Å². The average molecular weight is 187 g/mol. The second kappa shape index (κ2) is 3.46. The summed E-state index contributed by atoms with van der Waals surface area (Å²) in [4.78, 5) is 15.0. The van der Waals surface area contributed by atoms with Crippen molar-refractivity contribution in [1.29, 1.82) is 0 Å². The zero-order valence-corrected chi connectivity index (χ0v) is 7.47. The Hall–Kier alpha value is -1.90. The Balaban J connectivity index is 2.68. The summed E-state index contributed by atoms with van der Waals surface area (Å²) in [6.45, 7) is 0.604. The highest BCUT2D eigenvalue weighted by Gasteiger charge is 2.01. The summed E-state index contributed by atoms with van der Waals surface area (Å²) in [5.74, 6) is -0.916. The minimum atomic E-state index is -0.916. The van der Waals surface area contributed by atoms with Crippen molar-refractivity contribution in [2.75, 3.05) is 6.54 Å². The van der Waals surface area contributed by atoms with Crippen LogP contribution < -0.4 is 10.6 Å². The summed E-state index contributed by atoms with van der Waals surface area (Å²) >= 11 is 0. The normalized spacial score (nSPS) is 13.4. The molecule has 0 amide bonds. The topological polar surface area (TPSA) is 49.7 Å². The van der Waals surface area contributed by atoms with Crippen LogP contribution >= 0.6 is 0 Å². The number of aromatic carboxylic acids is 1. The summed E-state index contributed by atoms with van der Waals surface area (Å²) < 4.78 is 0. The molecule has 2 rings (SSSR count). The van der Waals surface area contributed by atoms with Gasteiger partial charge in [-0.15, -0.1) is 0 Å². The van der Waals surface area contributed by atoms with Gasteiger partial charge in [-0.2, -0.15) is 0 Å². The molecule has 0 aliphatic carbocycles. The van der Waals surface area contributed by atoms with Gasteiger partial charge in [0.2, 0.25) is 0 Å². The third kappa shape index (κ3) is 1.57. The maximum absolute atomic E-state index is 10.7. The number of carboxylic acids is 1. The Morgan fingerprint density at radius 2 is 2.29 bits per heavy atom. The molecule has 0 saturated heterocycles. The molecular formula is C11H9NO2. The van der Waals surface area contributed by atoms with E-state index >= 15 is 0 Å². The van der Waals surface area contributed by atoms with Crippen molar-refractivity contribution in [1.82, 2.24) is 0 Å². The van der Waals surface area contributed by atoms with E-state index < -0.39 is 5.97 Å². The summed E-state index contributed by atoms with van der Waals surface area (Å²) in [7, 11) is 0. The molecule has 1 aromatic carbocycles. The van der Waals surface area contributed by atoms with Crippen LogP contribution in [-0.4, -0.2) is 17.6 Å². The third-order valence-electron chi connectivity index (χ3n) is 2.06. The highest BCUT2D eigenvalue weighted by Crippen LogP contribution is 1.92. The maximum Gasteiger partial charge on any atom is 0.335 e. The second-order valence-electron chi connectivity index (χ2n) is 3.01. The van der Waals surface area contributed by atoms with Gasteiger partial charge in [0.25, 0.3) is 0 Å². The van der Waals surface area contributed by atoms with Gasteiger partial charge in [0, 0.05) is 0 Å². The van der Waals surface area contributed by atoms with Crippen LogP contribution in [-0.2, 0) is 0 Å². The zero-order chi connectivity index (χ0) is 9.97. The van der Waals surface area contributed by atoms with E-state index in [0.29, 0.717) is 6.54 Å². The lowest BCUT2D eigenvalue weighted by Gasteiger charge is -1.93. The van der Waals surface area contributed by atoms with Gasteiger partial charge in [0.15, 0.2) is 0 Å². The van der Waals surface area contributed by atoms with Crippen molar-refractivity contribution in [3.8, 4) is 0 Å². The van der Waals surface area contributed by atoms with Gasteiger partial charge in [-0.25, -0.2) is 4.79 Å². The first kappa shape index (κ1) is 8.69. The number of hydrogen-bond acceptors (Lipinski definition) is 2. The molecule has 0 radical (unpaired) electrons. The van der Waals surface area contributed by atoms with E-state index in [2.05, 4.69) is 4.99 Å². The quantitative estimate of drug-likeness (QED) is 0.689. The minimum Gasteiger partial charge on any atom is -0.478 e. The molecule has 0 fully saturated rings. The monoisotopic (exact) mass is 187 g/mol. The SMILES string of the molecule is O=C(O)c1ccc2c(c1)=NCC=CC=2. The van der Waals surface area contributed by atoms with Crippen molar-refractivity contribution in [2.24, 2.45) is 4.99 Å². The summed E-state index contributed by atoms with van der Waals surface area (Å²) in [5, 5.41) is 10.5. The molecule has 1 aliphatic rings. The van der Waals surface area contributed by atoms with E-state index in [1.54, 1.807) is 18.2 Å². The molecule has 0 unspecified atom stereocenters. The fourth-order valence-corrected chi connectivity index (χ4v) is 1.34. The lowest BCUT2D eigenvalue weighted by atomic mass is 10.2. The molecule has 3 nitrogen and oxygen atoms in total. The van der Waals surface area contributed by atoms with Crippen molar-refractivity contribution in [3.63, 3.8) is 0 Å². The Morgan fingerprint density at radius 1 is 1.43 bits per heavy atom. The molecule has 70 valence electrons. The smallest absolute Gasteiger partial charge is 0.335 e. The van der Waals surface area contributed by atoms with E-state index in [-0.39, 0.29) is 5.56 Å². The van der Waals surface area contributed by atoms with Gasteiger partial charge in [-0.05, 0) is 17.4 Å². The fourth-order valence-electron chi connectivity index (χ4n) is 1.34. The number of benzene rings is 1. The standard InChI is InChI=1S/C11H9NO2/c13-11(14)9-5-4-8-3-1-2-6-12-10(8)7-9/h1-5,7H,6H2,(H,13,14). The van der Waals surface area contributed by atoms with Crippen molar-refractivity contribution in [2.45, 2.75) is 0 Å². The summed E-state index contributed by atoms with van der Waals surface area (Å²) in [6.07, 6.45) is 5.79. The van der Waals surface area contributed by atoms with Crippen molar-refractivity contribution in [3.05, 3.63) is 46.5 Å². The highest BCUT2D eigenvalue weighted by molar-refractivity contribution is 5.87. The maximum atomic E-state index is 10.7. The van der Waals surface area contributed by atoms with Crippen LogP contribution in [0, 0.1) is 0 Å². The molecule has 3 heteroatoms. The number of carbonyl (C=O) groups is 1. The Morgan fingerprint density at radius 3 is 3.07 bits per heavy atom. The van der Waals surface area contributed by atoms with Crippen LogP contribution in [0.5, 0.6) is 0 Å². The van der Waals surface area contributed by atoms with Gasteiger partial charge in [-0.1, -0.05) is 24.3 Å². The highest BCUT2D eigenvalue weighted by atomic mass is 16.4. The molecule has 0 bridgehead atoms. The number of hydrogen-bond donors (Lipinski definition) is 1. The van der Waals surface area contributed by atoms with Gasteiger partial charge in [0.1, 0.15) is 0 Å². The average Bonchev–Trinajstić information content (AvgIpc) is 2.41. The minimum absolute atomic E-state index is 0.280. The van der Waals surface area contributed by atoms with E-state index in [9.17, 15) is 4.79 Å². The fraction of sp³-hybridized carbons (Fsp3) is 0.0909. The Labute approximate surface area is 80.7 Å². The number of carboxylic acid groups (broad SMARTS) is 1. The molecule has 0 saturated carbocycles. The van der Waals surface area contributed by atoms with Crippen LogP contribution in [0.4, 0.5) is 0 Å². The van der Waals surface area contributed by atoms with E-state index in [0.717, 1.165) is 10.6 Å². The van der Waals surface area contributed by atoms with E-state index in [1.165, 1.54) is 0 Å². The third-order valence-corrected chi connectivity index (χ3v) is 2.06. The molecular weight excluding hydrogens is 178 g/mol. The van der Waals surface area contributed by atoms with Crippen LogP contribution in [0.25, 0.3) is 6.08 Å². The second-order valence-corrected chi connectivity index (χ2v) is 3.01. The van der Waals surface area contributed by atoms with E-state index in [4.69, 9.17) is 5.11 Å².